The van der Waals surface area contributed by atoms with E-state index in [1.54, 1.807) is 6.20 Å². The highest BCUT2D eigenvalue weighted by Crippen LogP contribution is 2.35. The summed E-state index contributed by atoms with van der Waals surface area (Å²) in [6.07, 6.45) is 6.15. The lowest BCUT2D eigenvalue weighted by Gasteiger charge is -2.23. The van der Waals surface area contributed by atoms with Crippen LogP contribution in [0.1, 0.15) is 46.2 Å². The molecule has 0 saturated carbocycles. The van der Waals surface area contributed by atoms with E-state index >= 15 is 0 Å². The largest absolute Gasteiger partial charge is 0.461 e. The summed E-state index contributed by atoms with van der Waals surface area (Å²) in [6, 6.07) is 10.7. The van der Waals surface area contributed by atoms with E-state index in [0.717, 1.165) is 35.7 Å². The van der Waals surface area contributed by atoms with Crippen LogP contribution in [0.15, 0.2) is 36.5 Å². The average Bonchev–Trinajstić information content (AvgIpc) is 3.01. The molecule has 1 unspecified atom stereocenters. The molecule has 0 spiro atoms. The second-order valence-corrected chi connectivity index (χ2v) is 7.12. The van der Waals surface area contributed by atoms with Crippen LogP contribution in [0.3, 0.4) is 0 Å². The first-order valence-electron chi connectivity index (χ1n) is 9.37. The number of H-pyrrole nitrogens is 1. The number of nitrogens with one attached hydrogen (secondary N) is 1. The van der Waals surface area contributed by atoms with Gasteiger partial charge in [0, 0.05) is 11.1 Å². The number of rotatable bonds is 4. The molecule has 0 amide bonds. The molecule has 134 valence electrons. The Hall–Kier alpha value is -2.62. The van der Waals surface area contributed by atoms with Crippen molar-refractivity contribution in [2.45, 2.75) is 39.5 Å². The van der Waals surface area contributed by atoms with Crippen molar-refractivity contribution in [3.63, 3.8) is 0 Å². The molecule has 0 radical (unpaired) electrons. The molecule has 1 aliphatic carbocycles. The highest BCUT2D eigenvalue weighted by Gasteiger charge is 2.25. The number of carbonyl (C=O) groups is 1. The number of fused-ring (bicyclic) bond motifs is 3. The maximum atomic E-state index is 12.2. The highest BCUT2D eigenvalue weighted by molar-refractivity contribution is 5.97. The standard InChI is InChI=1S/C22H24N2O2/c1-3-26-22(25)21-14(2)20-17-12-16(11-15-7-5-4-6-8-15)9-10-18(17)24-19(20)13-23-21/h4-8,13,16,24H,3,9-12H2,1-2H3. The lowest BCUT2D eigenvalue weighted by Crippen LogP contribution is -2.16. The van der Waals surface area contributed by atoms with Crippen LogP contribution in [-0.2, 0) is 24.0 Å². The number of esters is 1. The second kappa shape index (κ2) is 6.94. The van der Waals surface area contributed by atoms with Gasteiger partial charge in [-0.1, -0.05) is 30.3 Å². The van der Waals surface area contributed by atoms with Crippen LogP contribution in [0.5, 0.6) is 0 Å². The minimum absolute atomic E-state index is 0.335. The van der Waals surface area contributed by atoms with Gasteiger partial charge in [0.05, 0.1) is 18.3 Å². The van der Waals surface area contributed by atoms with Gasteiger partial charge in [-0.25, -0.2) is 9.78 Å². The Kier molecular flexibility index (Phi) is 4.49. The van der Waals surface area contributed by atoms with Crippen molar-refractivity contribution >= 4 is 16.9 Å². The summed E-state index contributed by atoms with van der Waals surface area (Å²) in [4.78, 5) is 20.1. The van der Waals surface area contributed by atoms with Crippen LogP contribution >= 0.6 is 0 Å². The molecule has 4 heteroatoms. The van der Waals surface area contributed by atoms with Crippen molar-refractivity contribution in [3.8, 4) is 0 Å². The first-order chi connectivity index (χ1) is 12.7. The SMILES string of the molecule is CCOC(=O)c1ncc2[nH]c3c(c2c1C)CC(Cc1ccccc1)CC3. The smallest absolute Gasteiger partial charge is 0.357 e. The molecule has 4 nitrogen and oxygen atoms in total. The van der Waals surface area contributed by atoms with Gasteiger partial charge >= 0.3 is 5.97 Å². The summed E-state index contributed by atoms with van der Waals surface area (Å²) in [5, 5.41) is 1.16. The van der Waals surface area contributed by atoms with Gasteiger partial charge in [-0.2, -0.15) is 0 Å². The zero-order valence-electron chi connectivity index (χ0n) is 15.3. The molecule has 1 atom stereocenters. The Balaban J connectivity index is 1.68. The number of aryl methyl sites for hydroxylation is 2. The second-order valence-electron chi connectivity index (χ2n) is 7.12. The average molecular weight is 348 g/mol. The fourth-order valence-corrected chi connectivity index (χ4v) is 4.19. The summed E-state index contributed by atoms with van der Waals surface area (Å²) in [5.74, 6) is 0.293. The number of aromatic amines is 1. The topological polar surface area (TPSA) is 55.0 Å². The van der Waals surface area contributed by atoms with Crippen LogP contribution in [0.2, 0.25) is 0 Å². The minimum atomic E-state index is -0.335. The number of aromatic nitrogens is 2. The summed E-state index contributed by atoms with van der Waals surface area (Å²) in [7, 11) is 0. The number of carbonyl (C=O) groups excluding carboxylic acids is 1. The van der Waals surface area contributed by atoms with Crippen LogP contribution in [0, 0.1) is 12.8 Å². The van der Waals surface area contributed by atoms with Crippen LogP contribution in [0.4, 0.5) is 0 Å². The number of pyridine rings is 1. The fraction of sp³-hybridized carbons (Fsp3) is 0.364. The number of nitrogens with zero attached hydrogens (tertiary/aromatic N) is 1. The lowest BCUT2D eigenvalue weighted by molar-refractivity contribution is 0.0519. The van der Waals surface area contributed by atoms with E-state index in [1.807, 2.05) is 13.8 Å². The highest BCUT2D eigenvalue weighted by atomic mass is 16.5. The van der Waals surface area contributed by atoms with Gasteiger partial charge < -0.3 is 9.72 Å². The molecule has 0 aliphatic heterocycles. The van der Waals surface area contributed by atoms with Gasteiger partial charge in [0.2, 0.25) is 0 Å². The van der Waals surface area contributed by atoms with E-state index < -0.39 is 0 Å². The first-order valence-corrected chi connectivity index (χ1v) is 9.37. The zero-order valence-corrected chi connectivity index (χ0v) is 15.3. The van der Waals surface area contributed by atoms with Crippen molar-refractivity contribution in [2.75, 3.05) is 6.61 Å². The molecule has 0 fully saturated rings. The van der Waals surface area contributed by atoms with Gasteiger partial charge in [-0.3, -0.25) is 0 Å². The summed E-state index contributed by atoms with van der Waals surface area (Å²) < 4.78 is 5.17. The Morgan fingerprint density at radius 1 is 1.31 bits per heavy atom. The van der Waals surface area contributed by atoms with Crippen molar-refractivity contribution < 1.29 is 9.53 Å². The number of hydrogen-bond donors (Lipinski definition) is 1. The van der Waals surface area contributed by atoms with Crippen molar-refractivity contribution in [2.24, 2.45) is 5.92 Å². The monoisotopic (exact) mass is 348 g/mol. The maximum absolute atomic E-state index is 12.2. The predicted molar refractivity (Wildman–Crippen MR) is 102 cm³/mol. The van der Waals surface area contributed by atoms with Crippen molar-refractivity contribution in [1.82, 2.24) is 9.97 Å². The number of benzene rings is 1. The Labute approximate surface area is 153 Å². The summed E-state index contributed by atoms with van der Waals surface area (Å²) >= 11 is 0. The van der Waals surface area contributed by atoms with E-state index in [2.05, 4.69) is 40.3 Å². The molecule has 4 rings (SSSR count). The van der Waals surface area contributed by atoms with E-state index in [9.17, 15) is 4.79 Å². The molecule has 1 N–H and O–H groups in total. The van der Waals surface area contributed by atoms with Gasteiger partial charge in [0.15, 0.2) is 5.69 Å². The molecule has 26 heavy (non-hydrogen) atoms. The third-order valence-corrected chi connectivity index (χ3v) is 5.41. The lowest BCUT2D eigenvalue weighted by atomic mass is 9.82. The van der Waals surface area contributed by atoms with E-state index in [0.29, 0.717) is 18.2 Å². The van der Waals surface area contributed by atoms with Crippen LogP contribution < -0.4 is 0 Å². The number of hydrogen-bond acceptors (Lipinski definition) is 3. The van der Waals surface area contributed by atoms with Gasteiger partial charge in [0.1, 0.15) is 0 Å². The normalized spacial score (nSPS) is 16.5. The molecule has 1 aromatic carbocycles. The van der Waals surface area contributed by atoms with Gasteiger partial charge in [-0.05, 0) is 62.1 Å². The Morgan fingerprint density at radius 2 is 2.12 bits per heavy atom. The zero-order chi connectivity index (χ0) is 18.1. The van der Waals surface area contributed by atoms with E-state index in [-0.39, 0.29) is 5.97 Å². The number of ether oxygens (including phenoxy) is 1. The molecule has 2 heterocycles. The molecule has 2 aromatic heterocycles. The molecule has 0 bridgehead atoms. The van der Waals surface area contributed by atoms with Gasteiger partial charge in [0.25, 0.3) is 0 Å². The predicted octanol–water partition coefficient (Wildman–Crippen LogP) is 4.40. The first kappa shape index (κ1) is 16.8. The summed E-state index contributed by atoms with van der Waals surface area (Å²) in [6.45, 7) is 4.16. The van der Waals surface area contributed by atoms with Gasteiger partial charge in [-0.15, -0.1) is 0 Å². The van der Waals surface area contributed by atoms with E-state index in [4.69, 9.17) is 4.74 Å². The minimum Gasteiger partial charge on any atom is -0.461 e. The van der Waals surface area contributed by atoms with Crippen LogP contribution in [0.25, 0.3) is 10.9 Å². The molecule has 3 aromatic rings. The quantitative estimate of drug-likeness (QED) is 0.711. The molecule has 1 aliphatic rings. The molecular weight excluding hydrogens is 324 g/mol. The summed E-state index contributed by atoms with van der Waals surface area (Å²) in [5.41, 5.74) is 6.45. The van der Waals surface area contributed by atoms with Crippen LogP contribution in [-0.4, -0.2) is 22.5 Å². The third kappa shape index (κ3) is 3.00. The van der Waals surface area contributed by atoms with E-state index in [1.165, 1.54) is 23.2 Å². The third-order valence-electron chi connectivity index (χ3n) is 5.41. The fourth-order valence-electron chi connectivity index (χ4n) is 4.19. The molecule has 0 saturated heterocycles. The van der Waals surface area contributed by atoms with Crippen molar-refractivity contribution in [1.29, 1.82) is 0 Å². The Morgan fingerprint density at radius 3 is 2.88 bits per heavy atom. The van der Waals surface area contributed by atoms with Crippen molar-refractivity contribution in [3.05, 3.63) is 64.6 Å². The maximum Gasteiger partial charge on any atom is 0.357 e. The molecular formula is C22H24N2O2. The Bertz CT molecular complexity index is 944.